The van der Waals surface area contributed by atoms with Gasteiger partial charge < -0.3 is 4.74 Å². The number of alkyl halides is 3. The van der Waals surface area contributed by atoms with Crippen molar-refractivity contribution in [2.75, 3.05) is 13.2 Å². The minimum absolute atomic E-state index is 0.0450. The lowest BCUT2D eigenvalue weighted by molar-refractivity contribution is -0.190. The van der Waals surface area contributed by atoms with Crippen LogP contribution in [0.5, 0.6) is 5.75 Å². The minimum Gasteiger partial charge on any atom is -0.494 e. The van der Waals surface area contributed by atoms with Crippen LogP contribution in [0.15, 0.2) is 24.3 Å². The van der Waals surface area contributed by atoms with Gasteiger partial charge >= 0.3 is 6.18 Å². The first kappa shape index (κ1) is 20.6. The van der Waals surface area contributed by atoms with E-state index in [0.717, 1.165) is 16.3 Å². The van der Waals surface area contributed by atoms with E-state index in [2.05, 4.69) is 5.43 Å². The van der Waals surface area contributed by atoms with Gasteiger partial charge in [-0.3, -0.25) is 10.2 Å². The molecule has 0 spiro atoms. The quantitative estimate of drug-likeness (QED) is 0.699. The van der Waals surface area contributed by atoms with E-state index < -0.39 is 17.6 Å². The molecular formula is C19H27F3N2O2. The number of hydrogen-bond donors (Lipinski definition) is 1. The first-order valence-corrected chi connectivity index (χ1v) is 9.00. The van der Waals surface area contributed by atoms with Gasteiger partial charge in [0.25, 0.3) is 0 Å². The van der Waals surface area contributed by atoms with Gasteiger partial charge in [0.1, 0.15) is 11.8 Å². The third-order valence-corrected chi connectivity index (χ3v) is 4.63. The van der Waals surface area contributed by atoms with Crippen LogP contribution in [0.3, 0.4) is 0 Å². The number of carbonyl (C=O) groups is 1. The zero-order valence-electron chi connectivity index (χ0n) is 15.5. The van der Waals surface area contributed by atoms with Crippen LogP contribution in [0.1, 0.15) is 45.6 Å². The maximum absolute atomic E-state index is 13.5. The molecule has 4 nitrogen and oxygen atoms in total. The molecule has 2 rings (SSSR count). The molecule has 146 valence electrons. The molecule has 1 aromatic carbocycles. The van der Waals surface area contributed by atoms with E-state index in [0.29, 0.717) is 25.9 Å². The lowest BCUT2D eigenvalue weighted by Crippen LogP contribution is -2.49. The molecule has 1 N–H and O–H groups in total. The van der Waals surface area contributed by atoms with Crippen LogP contribution in [0.2, 0.25) is 0 Å². The van der Waals surface area contributed by atoms with Crippen molar-refractivity contribution in [2.24, 2.45) is 5.41 Å². The molecular weight excluding hydrogens is 345 g/mol. The predicted octanol–water partition coefficient (Wildman–Crippen LogP) is 4.10. The number of benzene rings is 1. The fourth-order valence-corrected chi connectivity index (χ4v) is 3.16. The largest absolute Gasteiger partial charge is 0.494 e. The van der Waals surface area contributed by atoms with Gasteiger partial charge in [-0.15, -0.1) is 0 Å². The van der Waals surface area contributed by atoms with E-state index in [4.69, 9.17) is 4.74 Å². The molecule has 1 amide bonds. The first-order valence-electron chi connectivity index (χ1n) is 9.00. The Morgan fingerprint density at radius 2 is 1.96 bits per heavy atom. The Bertz CT molecular complexity index is 617. The number of ether oxygens (including phenoxy) is 1. The van der Waals surface area contributed by atoms with Crippen molar-refractivity contribution < 1.29 is 22.7 Å². The van der Waals surface area contributed by atoms with E-state index in [1.807, 2.05) is 31.2 Å². The van der Waals surface area contributed by atoms with Crippen LogP contribution in [-0.2, 0) is 11.2 Å². The summed E-state index contributed by atoms with van der Waals surface area (Å²) in [5.74, 6) is 0.424. The van der Waals surface area contributed by atoms with Crippen molar-refractivity contribution >= 4 is 5.91 Å². The van der Waals surface area contributed by atoms with E-state index in [-0.39, 0.29) is 18.9 Å². The average Bonchev–Trinajstić information content (AvgIpc) is 2.80. The number of nitrogens with one attached hydrogen (secondary N) is 1. The second kappa shape index (κ2) is 8.29. The fraction of sp³-hybridized carbons (Fsp3) is 0.632. The van der Waals surface area contributed by atoms with E-state index in [9.17, 15) is 18.0 Å². The van der Waals surface area contributed by atoms with Crippen molar-refractivity contribution in [1.82, 2.24) is 10.4 Å². The summed E-state index contributed by atoms with van der Waals surface area (Å²) < 4.78 is 45.9. The Kier molecular flexibility index (Phi) is 6.55. The summed E-state index contributed by atoms with van der Waals surface area (Å²) in [4.78, 5) is 11.8. The highest BCUT2D eigenvalue weighted by molar-refractivity contribution is 5.83. The third-order valence-electron chi connectivity index (χ3n) is 4.63. The molecule has 1 aromatic rings. The molecule has 1 saturated heterocycles. The maximum Gasteiger partial charge on any atom is 0.405 e. The maximum atomic E-state index is 13.5. The van der Waals surface area contributed by atoms with Gasteiger partial charge in [0, 0.05) is 6.54 Å². The van der Waals surface area contributed by atoms with Crippen molar-refractivity contribution in [3.8, 4) is 5.75 Å². The van der Waals surface area contributed by atoms with Gasteiger partial charge in [-0.05, 0) is 51.7 Å². The second-order valence-corrected chi connectivity index (χ2v) is 7.30. The summed E-state index contributed by atoms with van der Waals surface area (Å²) in [5, 5.41) is 1.05. The minimum atomic E-state index is -4.38. The van der Waals surface area contributed by atoms with Crippen molar-refractivity contribution in [3.05, 3.63) is 29.8 Å². The summed E-state index contributed by atoms with van der Waals surface area (Å²) in [6, 6.07) is 5.94. The Morgan fingerprint density at radius 1 is 1.27 bits per heavy atom. The number of hydrogen-bond acceptors (Lipinski definition) is 3. The summed E-state index contributed by atoms with van der Waals surface area (Å²) in [5.41, 5.74) is 2.59. The third kappa shape index (κ3) is 5.13. The molecule has 0 aliphatic carbocycles. The number of para-hydroxylation sites is 1. The number of amides is 1. The zero-order valence-corrected chi connectivity index (χ0v) is 15.5. The van der Waals surface area contributed by atoms with E-state index in [1.54, 1.807) is 13.8 Å². The van der Waals surface area contributed by atoms with Gasteiger partial charge in [0.2, 0.25) is 5.91 Å². The van der Waals surface area contributed by atoms with E-state index >= 15 is 0 Å². The molecule has 0 bridgehead atoms. The Balaban J connectivity index is 1.92. The molecule has 1 aliphatic heterocycles. The summed E-state index contributed by atoms with van der Waals surface area (Å²) >= 11 is 0. The van der Waals surface area contributed by atoms with Gasteiger partial charge in [0.15, 0.2) is 0 Å². The molecule has 7 heteroatoms. The van der Waals surface area contributed by atoms with Crippen molar-refractivity contribution in [2.45, 2.75) is 58.7 Å². The van der Waals surface area contributed by atoms with Gasteiger partial charge in [-0.25, -0.2) is 5.01 Å². The highest BCUT2D eigenvalue weighted by Gasteiger charge is 2.49. The topological polar surface area (TPSA) is 41.6 Å². The van der Waals surface area contributed by atoms with Gasteiger partial charge in [0.05, 0.1) is 12.0 Å². The molecule has 1 fully saturated rings. The first-order chi connectivity index (χ1) is 12.1. The Labute approximate surface area is 152 Å². The highest BCUT2D eigenvalue weighted by Crippen LogP contribution is 2.33. The molecule has 0 saturated carbocycles. The highest BCUT2D eigenvalue weighted by atomic mass is 19.4. The molecule has 1 aliphatic rings. The van der Waals surface area contributed by atoms with Gasteiger partial charge in [-0.1, -0.05) is 24.6 Å². The normalized spacial score (nSPS) is 18.6. The predicted molar refractivity (Wildman–Crippen MR) is 93.6 cm³/mol. The van der Waals surface area contributed by atoms with Crippen LogP contribution >= 0.6 is 0 Å². The van der Waals surface area contributed by atoms with Crippen LogP contribution in [0.4, 0.5) is 13.2 Å². The standard InChI is InChI=1S/C19H27F3N2O2/c1-4-26-15-11-7-5-9-14(15)10-6-8-12-16(19(20,21)22)24-13-18(2,3)17(25)23-24/h5,7,9,11,16H,4,6,8,10,12-13H2,1-3H3,(H,23,25). The Hall–Kier alpha value is -1.76. The lowest BCUT2D eigenvalue weighted by Gasteiger charge is -2.29. The number of carbonyl (C=O) groups excluding carboxylic acids is 1. The number of rotatable bonds is 8. The SMILES string of the molecule is CCOc1ccccc1CCCCC(N1CC(C)(C)C(=O)N1)C(F)(F)F. The second-order valence-electron chi connectivity index (χ2n) is 7.30. The molecule has 1 heterocycles. The molecule has 26 heavy (non-hydrogen) atoms. The summed E-state index contributed by atoms with van der Waals surface area (Å²) in [6.07, 6.45) is -2.72. The molecule has 0 radical (unpaired) electrons. The van der Waals surface area contributed by atoms with Gasteiger partial charge in [-0.2, -0.15) is 13.2 Å². The monoisotopic (exact) mass is 372 g/mol. The molecule has 1 atom stereocenters. The number of hydrazine groups is 1. The number of halogens is 3. The number of unbranched alkanes of at least 4 members (excludes halogenated alkanes) is 1. The van der Waals surface area contributed by atoms with Crippen LogP contribution in [0, 0.1) is 5.41 Å². The van der Waals surface area contributed by atoms with Crippen molar-refractivity contribution in [1.29, 1.82) is 0 Å². The lowest BCUT2D eigenvalue weighted by atomic mass is 9.94. The van der Waals surface area contributed by atoms with Crippen LogP contribution in [-0.4, -0.2) is 36.3 Å². The summed E-state index contributed by atoms with van der Waals surface area (Å²) in [6.45, 7) is 5.82. The number of nitrogens with zero attached hydrogens (tertiary/aromatic N) is 1. The Morgan fingerprint density at radius 3 is 2.54 bits per heavy atom. The van der Waals surface area contributed by atoms with E-state index in [1.165, 1.54) is 0 Å². The number of aryl methyl sites for hydroxylation is 1. The molecule has 0 aromatic heterocycles. The van der Waals surface area contributed by atoms with Crippen molar-refractivity contribution in [3.63, 3.8) is 0 Å². The van der Waals surface area contributed by atoms with Crippen LogP contribution in [0.25, 0.3) is 0 Å². The van der Waals surface area contributed by atoms with Crippen LogP contribution < -0.4 is 10.2 Å². The smallest absolute Gasteiger partial charge is 0.405 e. The molecule has 1 unspecified atom stereocenters. The fourth-order valence-electron chi connectivity index (χ4n) is 3.16. The summed E-state index contributed by atoms with van der Waals surface area (Å²) in [7, 11) is 0. The zero-order chi connectivity index (χ0) is 19.4. The average molecular weight is 372 g/mol.